The number of aromatic hydroxyl groups is 1. The van der Waals surface area contributed by atoms with Crippen LogP contribution in [0.25, 0.3) is 11.3 Å². The van der Waals surface area contributed by atoms with E-state index in [-0.39, 0.29) is 5.75 Å². The van der Waals surface area contributed by atoms with E-state index in [1.54, 1.807) is 12.1 Å². The number of nitrogens with one attached hydrogen (secondary N) is 1. The molecule has 22 heavy (non-hydrogen) atoms. The Morgan fingerprint density at radius 2 is 2.09 bits per heavy atom. The number of nitrogen functional groups attached to an aromatic ring is 1. The maximum absolute atomic E-state index is 9.97. The lowest BCUT2D eigenvalue weighted by Gasteiger charge is -2.23. The molecular formula is C17H22N4O. The summed E-state index contributed by atoms with van der Waals surface area (Å²) in [6.45, 7) is 1.12. The highest BCUT2D eigenvalue weighted by Crippen LogP contribution is 2.26. The molecule has 1 atom stereocenters. The van der Waals surface area contributed by atoms with Crippen LogP contribution in [0.2, 0.25) is 0 Å². The molecule has 1 aromatic heterocycles. The molecule has 5 nitrogen and oxygen atoms in total. The molecule has 5 heteroatoms. The van der Waals surface area contributed by atoms with Crippen LogP contribution in [-0.2, 0) is 6.42 Å². The molecule has 0 aliphatic carbocycles. The van der Waals surface area contributed by atoms with Crippen molar-refractivity contribution in [3.63, 3.8) is 0 Å². The zero-order valence-corrected chi connectivity index (χ0v) is 12.6. The van der Waals surface area contributed by atoms with E-state index in [1.807, 2.05) is 6.07 Å². The summed E-state index contributed by atoms with van der Waals surface area (Å²) in [5.74, 6) is 0.697. The molecular weight excluding hydrogens is 276 g/mol. The Morgan fingerprint density at radius 1 is 1.18 bits per heavy atom. The molecule has 0 bridgehead atoms. The summed E-state index contributed by atoms with van der Waals surface area (Å²) >= 11 is 0. The molecule has 1 fully saturated rings. The minimum Gasteiger partial charge on any atom is -0.508 e. The van der Waals surface area contributed by atoms with Gasteiger partial charge in [0.1, 0.15) is 17.9 Å². The summed E-state index contributed by atoms with van der Waals surface area (Å²) < 4.78 is 0. The molecule has 1 aromatic carbocycles. The van der Waals surface area contributed by atoms with Crippen molar-refractivity contribution in [2.24, 2.45) is 0 Å². The quantitative estimate of drug-likeness (QED) is 0.807. The Hall–Kier alpha value is -2.14. The summed E-state index contributed by atoms with van der Waals surface area (Å²) in [6, 6.07) is 7.93. The van der Waals surface area contributed by atoms with Gasteiger partial charge in [-0.05, 0) is 56.0 Å². The standard InChI is InChI=1S/C17H22N4O/c18-17-10-16(20-11-21-17)13-7-12(8-15(22)9-13)4-5-14-3-1-2-6-19-14/h7-11,14,19,22H,1-6H2,(H2,18,20,21)/t14-/m0/s1. The van der Waals surface area contributed by atoms with Gasteiger partial charge in [-0.1, -0.05) is 6.42 Å². The fourth-order valence-electron chi connectivity index (χ4n) is 3.01. The maximum Gasteiger partial charge on any atom is 0.127 e. The molecule has 1 aliphatic heterocycles. The summed E-state index contributed by atoms with van der Waals surface area (Å²) in [7, 11) is 0. The predicted octanol–water partition coefficient (Wildman–Crippen LogP) is 2.51. The second-order valence-electron chi connectivity index (χ2n) is 5.90. The molecule has 0 spiro atoms. The number of benzene rings is 1. The van der Waals surface area contributed by atoms with Crippen molar-refractivity contribution >= 4 is 5.82 Å². The molecule has 0 saturated carbocycles. The lowest BCUT2D eigenvalue weighted by Crippen LogP contribution is -2.34. The first-order valence-electron chi connectivity index (χ1n) is 7.85. The van der Waals surface area contributed by atoms with Crippen LogP contribution in [0.1, 0.15) is 31.2 Å². The first kappa shape index (κ1) is 14.8. The van der Waals surface area contributed by atoms with E-state index in [1.165, 1.54) is 25.6 Å². The fraction of sp³-hybridized carbons (Fsp3) is 0.412. The summed E-state index contributed by atoms with van der Waals surface area (Å²) in [6.07, 6.45) is 7.31. The van der Waals surface area contributed by atoms with Crippen molar-refractivity contribution in [3.05, 3.63) is 36.2 Å². The summed E-state index contributed by atoms with van der Waals surface area (Å²) in [5.41, 5.74) is 8.44. The van der Waals surface area contributed by atoms with Gasteiger partial charge in [0.05, 0.1) is 5.69 Å². The Morgan fingerprint density at radius 3 is 2.86 bits per heavy atom. The number of nitrogens with zero attached hydrogens (tertiary/aromatic N) is 2. The smallest absolute Gasteiger partial charge is 0.127 e. The van der Waals surface area contributed by atoms with E-state index in [0.717, 1.165) is 36.2 Å². The van der Waals surface area contributed by atoms with Gasteiger partial charge in [-0.3, -0.25) is 0 Å². The Kier molecular flexibility index (Phi) is 4.53. The van der Waals surface area contributed by atoms with Gasteiger partial charge in [0.15, 0.2) is 0 Å². The van der Waals surface area contributed by atoms with Crippen molar-refractivity contribution in [1.82, 2.24) is 15.3 Å². The minimum atomic E-state index is 0.265. The lowest BCUT2D eigenvalue weighted by atomic mass is 9.96. The SMILES string of the molecule is Nc1cc(-c2cc(O)cc(CC[C@@H]3CCCCN3)c2)ncn1. The van der Waals surface area contributed by atoms with Crippen LogP contribution in [0.15, 0.2) is 30.6 Å². The Bertz CT molecular complexity index is 638. The van der Waals surface area contributed by atoms with E-state index in [9.17, 15) is 5.11 Å². The highest BCUT2D eigenvalue weighted by molar-refractivity contribution is 5.64. The molecule has 4 N–H and O–H groups in total. The molecule has 1 aliphatic rings. The second kappa shape index (κ2) is 6.75. The zero-order valence-electron chi connectivity index (χ0n) is 12.6. The summed E-state index contributed by atoms with van der Waals surface area (Å²) in [5, 5.41) is 13.5. The predicted molar refractivity (Wildman–Crippen MR) is 87.5 cm³/mol. The normalized spacial score (nSPS) is 18.3. The third-order valence-electron chi connectivity index (χ3n) is 4.16. The number of phenolic OH excluding ortho intramolecular Hbond substituents is 1. The highest BCUT2D eigenvalue weighted by Gasteiger charge is 2.13. The van der Waals surface area contributed by atoms with E-state index < -0.39 is 0 Å². The van der Waals surface area contributed by atoms with Crippen LogP contribution in [-0.4, -0.2) is 27.7 Å². The van der Waals surface area contributed by atoms with Gasteiger partial charge in [-0.2, -0.15) is 0 Å². The van der Waals surface area contributed by atoms with E-state index in [2.05, 4.69) is 21.4 Å². The van der Waals surface area contributed by atoms with Gasteiger partial charge in [0.2, 0.25) is 0 Å². The van der Waals surface area contributed by atoms with Crippen molar-refractivity contribution in [1.29, 1.82) is 0 Å². The van der Waals surface area contributed by atoms with Crippen LogP contribution in [0, 0.1) is 0 Å². The first-order valence-corrected chi connectivity index (χ1v) is 7.85. The van der Waals surface area contributed by atoms with Crippen LogP contribution in [0.5, 0.6) is 5.75 Å². The number of aryl methyl sites for hydroxylation is 1. The van der Waals surface area contributed by atoms with Gasteiger partial charge in [0, 0.05) is 17.7 Å². The van der Waals surface area contributed by atoms with Crippen molar-refractivity contribution in [2.75, 3.05) is 12.3 Å². The number of aromatic nitrogens is 2. The van der Waals surface area contributed by atoms with Crippen LogP contribution in [0.4, 0.5) is 5.82 Å². The van der Waals surface area contributed by atoms with Gasteiger partial charge in [0.25, 0.3) is 0 Å². The number of anilines is 1. The number of phenols is 1. The minimum absolute atomic E-state index is 0.265. The van der Waals surface area contributed by atoms with Crippen molar-refractivity contribution in [3.8, 4) is 17.0 Å². The van der Waals surface area contributed by atoms with Crippen LogP contribution in [0.3, 0.4) is 0 Å². The van der Waals surface area contributed by atoms with Crippen LogP contribution < -0.4 is 11.1 Å². The molecule has 0 unspecified atom stereocenters. The van der Waals surface area contributed by atoms with E-state index >= 15 is 0 Å². The van der Waals surface area contributed by atoms with E-state index in [0.29, 0.717) is 11.9 Å². The molecule has 2 heterocycles. The molecule has 3 rings (SSSR count). The van der Waals surface area contributed by atoms with E-state index in [4.69, 9.17) is 5.73 Å². The maximum atomic E-state index is 9.97. The Balaban J connectivity index is 1.74. The molecule has 0 amide bonds. The van der Waals surface area contributed by atoms with Crippen molar-refractivity contribution < 1.29 is 5.11 Å². The molecule has 116 valence electrons. The third-order valence-corrected chi connectivity index (χ3v) is 4.16. The third kappa shape index (κ3) is 3.74. The highest BCUT2D eigenvalue weighted by atomic mass is 16.3. The first-order chi connectivity index (χ1) is 10.7. The fourth-order valence-corrected chi connectivity index (χ4v) is 3.01. The number of hydrogen-bond acceptors (Lipinski definition) is 5. The Labute approximate surface area is 130 Å². The number of piperidine rings is 1. The van der Waals surface area contributed by atoms with Crippen molar-refractivity contribution in [2.45, 2.75) is 38.1 Å². The molecule has 1 saturated heterocycles. The van der Waals surface area contributed by atoms with Gasteiger partial charge < -0.3 is 16.2 Å². The van der Waals surface area contributed by atoms with Crippen LogP contribution >= 0.6 is 0 Å². The molecule has 2 aromatic rings. The van der Waals surface area contributed by atoms with Gasteiger partial charge >= 0.3 is 0 Å². The zero-order chi connectivity index (χ0) is 15.4. The lowest BCUT2D eigenvalue weighted by molar-refractivity contribution is 0.382. The monoisotopic (exact) mass is 298 g/mol. The summed E-state index contributed by atoms with van der Waals surface area (Å²) in [4.78, 5) is 8.13. The van der Waals surface area contributed by atoms with Gasteiger partial charge in [-0.15, -0.1) is 0 Å². The van der Waals surface area contributed by atoms with Gasteiger partial charge in [-0.25, -0.2) is 9.97 Å². The largest absolute Gasteiger partial charge is 0.508 e. The number of hydrogen-bond donors (Lipinski definition) is 3. The average molecular weight is 298 g/mol. The second-order valence-corrected chi connectivity index (χ2v) is 5.90. The topological polar surface area (TPSA) is 84.1 Å². The average Bonchev–Trinajstić information content (AvgIpc) is 2.53. The number of rotatable bonds is 4. The molecule has 0 radical (unpaired) electrons. The number of nitrogens with two attached hydrogens (primary N) is 1.